The number of fused-ring (bicyclic) bond motifs is 2. The molecule has 0 N–H and O–H groups in total. The minimum absolute atomic E-state index is 0.0979. The van der Waals surface area contributed by atoms with Gasteiger partial charge in [0.05, 0.1) is 28.9 Å². The van der Waals surface area contributed by atoms with Crippen LogP contribution in [-0.2, 0) is 5.41 Å². The second-order valence-electron chi connectivity index (χ2n) is 11.7. The number of nitrogens with zero attached hydrogens (tertiary/aromatic N) is 2. The standard InChI is InChI=1S/C32H42N2O/c1-20(2)33-28-16-13-25(24-11-14-27(15-12-24)35-22(5)6)18-29(28)34(21(3)4)31-23(7)17-26(19-30(31)33)32(8,9)10/h11-22H,1-10H3. The lowest BCUT2D eigenvalue weighted by atomic mass is 9.84. The largest absolute Gasteiger partial charge is 0.491 e. The number of rotatable bonds is 5. The topological polar surface area (TPSA) is 15.7 Å². The summed E-state index contributed by atoms with van der Waals surface area (Å²) >= 11 is 0. The van der Waals surface area contributed by atoms with Crippen molar-refractivity contribution in [1.82, 2.24) is 0 Å². The number of anilines is 4. The molecule has 0 atom stereocenters. The Hall–Kier alpha value is -2.94. The van der Waals surface area contributed by atoms with Crippen molar-refractivity contribution in [3.8, 4) is 16.9 Å². The van der Waals surface area contributed by atoms with Crippen LogP contribution in [0.3, 0.4) is 0 Å². The fourth-order valence-corrected chi connectivity index (χ4v) is 5.13. The number of benzene rings is 3. The summed E-state index contributed by atoms with van der Waals surface area (Å²) in [6, 6.07) is 20.9. The van der Waals surface area contributed by atoms with Crippen molar-refractivity contribution in [3.05, 3.63) is 65.7 Å². The third kappa shape index (κ3) is 4.78. The van der Waals surface area contributed by atoms with Crippen molar-refractivity contribution in [2.75, 3.05) is 9.80 Å². The van der Waals surface area contributed by atoms with Crippen LogP contribution in [0.2, 0.25) is 0 Å². The van der Waals surface area contributed by atoms with Gasteiger partial charge >= 0.3 is 0 Å². The lowest BCUT2D eigenvalue weighted by Crippen LogP contribution is -2.37. The summed E-state index contributed by atoms with van der Waals surface area (Å²) in [6.45, 7) is 22.5. The molecule has 1 aliphatic rings. The summed E-state index contributed by atoms with van der Waals surface area (Å²) < 4.78 is 5.86. The predicted molar refractivity (Wildman–Crippen MR) is 152 cm³/mol. The molecule has 3 aromatic rings. The van der Waals surface area contributed by atoms with Gasteiger partial charge in [0.1, 0.15) is 5.75 Å². The van der Waals surface area contributed by atoms with Gasteiger partial charge in [-0.2, -0.15) is 0 Å². The van der Waals surface area contributed by atoms with E-state index in [1.165, 1.54) is 45.0 Å². The summed E-state index contributed by atoms with van der Waals surface area (Å²) in [5, 5.41) is 0. The van der Waals surface area contributed by atoms with Crippen LogP contribution < -0.4 is 14.5 Å². The molecular formula is C32H42N2O. The summed E-state index contributed by atoms with van der Waals surface area (Å²) in [4.78, 5) is 5.06. The van der Waals surface area contributed by atoms with Gasteiger partial charge in [0.2, 0.25) is 0 Å². The lowest BCUT2D eigenvalue weighted by Gasteiger charge is -2.45. The SMILES string of the molecule is Cc1cc(C(C)(C)C)cc2c1N(C(C)C)c1cc(-c3ccc(OC(C)C)cc3)ccc1N2C(C)C. The fraction of sp³-hybridized carbons (Fsp3) is 0.438. The molecule has 0 saturated heterocycles. The minimum atomic E-state index is 0.0979. The Kier molecular flexibility index (Phi) is 6.66. The molecule has 0 bridgehead atoms. The summed E-state index contributed by atoms with van der Waals surface area (Å²) in [5.74, 6) is 0.913. The Bertz CT molecular complexity index is 1200. The van der Waals surface area contributed by atoms with E-state index in [-0.39, 0.29) is 11.5 Å². The van der Waals surface area contributed by atoms with E-state index in [2.05, 4.69) is 134 Å². The van der Waals surface area contributed by atoms with Gasteiger partial charge in [-0.25, -0.2) is 0 Å². The highest BCUT2D eigenvalue weighted by atomic mass is 16.5. The van der Waals surface area contributed by atoms with Gasteiger partial charge in [-0.1, -0.05) is 45.0 Å². The first-order chi connectivity index (χ1) is 16.4. The van der Waals surface area contributed by atoms with E-state index in [9.17, 15) is 0 Å². The maximum Gasteiger partial charge on any atom is 0.119 e. The zero-order valence-electron chi connectivity index (χ0n) is 23.2. The van der Waals surface area contributed by atoms with Crippen molar-refractivity contribution in [2.45, 2.75) is 92.8 Å². The minimum Gasteiger partial charge on any atom is -0.491 e. The average molecular weight is 471 g/mol. The van der Waals surface area contributed by atoms with Crippen LogP contribution in [0.4, 0.5) is 22.7 Å². The van der Waals surface area contributed by atoms with Gasteiger partial charge in [-0.15, -0.1) is 0 Å². The summed E-state index contributed by atoms with van der Waals surface area (Å²) in [6.07, 6.45) is 0.174. The van der Waals surface area contributed by atoms with E-state index in [1.54, 1.807) is 0 Å². The molecule has 186 valence electrons. The molecule has 0 unspecified atom stereocenters. The smallest absolute Gasteiger partial charge is 0.119 e. The molecule has 3 nitrogen and oxygen atoms in total. The van der Waals surface area contributed by atoms with E-state index < -0.39 is 0 Å². The van der Waals surface area contributed by atoms with Crippen LogP contribution >= 0.6 is 0 Å². The maximum absolute atomic E-state index is 5.86. The Labute approximate surface area is 212 Å². The molecule has 1 aliphatic heterocycles. The third-order valence-electron chi connectivity index (χ3n) is 6.73. The molecular weight excluding hydrogens is 428 g/mol. The summed E-state index contributed by atoms with van der Waals surface area (Å²) in [7, 11) is 0. The van der Waals surface area contributed by atoms with Crippen LogP contribution in [0.15, 0.2) is 54.6 Å². The first-order valence-electron chi connectivity index (χ1n) is 13.0. The van der Waals surface area contributed by atoms with Crippen LogP contribution in [0.25, 0.3) is 11.1 Å². The molecule has 0 amide bonds. The molecule has 0 radical (unpaired) electrons. The van der Waals surface area contributed by atoms with E-state index in [4.69, 9.17) is 4.74 Å². The highest BCUT2D eigenvalue weighted by molar-refractivity contribution is 5.97. The van der Waals surface area contributed by atoms with Crippen LogP contribution in [0.5, 0.6) is 5.75 Å². The quantitative estimate of drug-likeness (QED) is 0.370. The highest BCUT2D eigenvalue weighted by Gasteiger charge is 2.34. The van der Waals surface area contributed by atoms with Crippen molar-refractivity contribution < 1.29 is 4.74 Å². The number of hydrogen-bond acceptors (Lipinski definition) is 3. The van der Waals surface area contributed by atoms with Crippen molar-refractivity contribution in [3.63, 3.8) is 0 Å². The molecule has 3 heteroatoms. The average Bonchev–Trinajstić information content (AvgIpc) is 2.76. The first-order valence-corrected chi connectivity index (χ1v) is 13.0. The van der Waals surface area contributed by atoms with E-state index in [1.807, 2.05) is 0 Å². The van der Waals surface area contributed by atoms with E-state index in [0.717, 1.165) is 5.75 Å². The number of aryl methyl sites for hydroxylation is 1. The molecule has 0 fully saturated rings. The van der Waals surface area contributed by atoms with Crippen molar-refractivity contribution in [1.29, 1.82) is 0 Å². The second kappa shape index (κ2) is 9.26. The third-order valence-corrected chi connectivity index (χ3v) is 6.73. The maximum atomic E-state index is 5.86. The molecule has 3 aromatic carbocycles. The van der Waals surface area contributed by atoms with Gasteiger partial charge in [-0.3, -0.25) is 0 Å². The van der Waals surface area contributed by atoms with Crippen molar-refractivity contribution >= 4 is 22.7 Å². The van der Waals surface area contributed by atoms with E-state index >= 15 is 0 Å². The fourth-order valence-electron chi connectivity index (χ4n) is 5.13. The van der Waals surface area contributed by atoms with Crippen LogP contribution in [0, 0.1) is 6.92 Å². The molecule has 4 rings (SSSR count). The second-order valence-corrected chi connectivity index (χ2v) is 11.7. The zero-order chi connectivity index (χ0) is 25.7. The summed E-state index contributed by atoms with van der Waals surface area (Å²) in [5.41, 5.74) is 10.4. The Morgan fingerprint density at radius 3 is 1.80 bits per heavy atom. The number of ether oxygens (including phenoxy) is 1. The van der Waals surface area contributed by atoms with Gasteiger partial charge in [0.15, 0.2) is 0 Å². The lowest BCUT2D eigenvalue weighted by molar-refractivity contribution is 0.242. The first kappa shape index (κ1) is 25.2. The van der Waals surface area contributed by atoms with Crippen LogP contribution in [0.1, 0.15) is 73.4 Å². The van der Waals surface area contributed by atoms with E-state index in [0.29, 0.717) is 12.1 Å². The molecule has 0 spiro atoms. The monoisotopic (exact) mass is 470 g/mol. The highest BCUT2D eigenvalue weighted by Crippen LogP contribution is 2.53. The molecule has 0 aliphatic carbocycles. The van der Waals surface area contributed by atoms with Gasteiger partial charge in [0, 0.05) is 12.1 Å². The molecule has 0 saturated carbocycles. The molecule has 0 aromatic heterocycles. The Morgan fingerprint density at radius 2 is 1.26 bits per heavy atom. The molecule has 1 heterocycles. The predicted octanol–water partition coefficient (Wildman–Crippen LogP) is 9.15. The molecule has 35 heavy (non-hydrogen) atoms. The van der Waals surface area contributed by atoms with Gasteiger partial charge in [-0.05, 0) is 106 Å². The normalized spacial score (nSPS) is 13.5. The number of hydrogen-bond donors (Lipinski definition) is 0. The zero-order valence-corrected chi connectivity index (χ0v) is 23.2. The van der Waals surface area contributed by atoms with Gasteiger partial charge < -0.3 is 14.5 Å². The Morgan fingerprint density at radius 1 is 0.657 bits per heavy atom. The van der Waals surface area contributed by atoms with Crippen molar-refractivity contribution in [2.24, 2.45) is 0 Å². The van der Waals surface area contributed by atoms with Crippen LogP contribution in [-0.4, -0.2) is 18.2 Å². The Balaban J connectivity index is 1.88. The van der Waals surface area contributed by atoms with Gasteiger partial charge in [0.25, 0.3) is 0 Å².